The Morgan fingerprint density at radius 2 is 1.79 bits per heavy atom. The van der Waals surface area contributed by atoms with E-state index in [2.05, 4.69) is 45.9 Å². The predicted molar refractivity (Wildman–Crippen MR) is 111 cm³/mol. The van der Waals surface area contributed by atoms with Crippen molar-refractivity contribution < 1.29 is 19.0 Å². The molecule has 0 saturated carbocycles. The molecule has 0 aliphatic heterocycles. The minimum Gasteiger partial charge on any atom is -0.496 e. The highest BCUT2D eigenvalue weighted by Gasteiger charge is 2.20. The molecule has 0 aromatic heterocycles. The summed E-state index contributed by atoms with van der Waals surface area (Å²) in [6, 6.07) is 11.3. The molecule has 1 unspecified atom stereocenters. The maximum atomic E-state index is 11.6. The van der Waals surface area contributed by atoms with Crippen molar-refractivity contribution >= 4 is 5.97 Å². The summed E-state index contributed by atoms with van der Waals surface area (Å²) in [5.41, 5.74) is 10.00. The van der Waals surface area contributed by atoms with E-state index in [1.165, 1.54) is 7.11 Å². The molecule has 0 heterocycles. The second kappa shape index (κ2) is 9.11. The maximum absolute atomic E-state index is 11.6. The van der Waals surface area contributed by atoms with Gasteiger partial charge in [0.15, 0.2) is 0 Å². The van der Waals surface area contributed by atoms with E-state index in [0.717, 1.165) is 33.8 Å². The van der Waals surface area contributed by atoms with Crippen LogP contribution in [0.25, 0.3) is 0 Å². The molecule has 0 fully saturated rings. The van der Waals surface area contributed by atoms with Crippen LogP contribution in [0.4, 0.5) is 0 Å². The van der Waals surface area contributed by atoms with Gasteiger partial charge in [-0.1, -0.05) is 39.0 Å². The summed E-state index contributed by atoms with van der Waals surface area (Å²) in [7, 11) is 2.97. The fourth-order valence-electron chi connectivity index (χ4n) is 3.08. The molecule has 2 aromatic rings. The summed E-state index contributed by atoms with van der Waals surface area (Å²) in [6.45, 7) is 8.91. The third-order valence-corrected chi connectivity index (χ3v) is 4.63. The summed E-state index contributed by atoms with van der Waals surface area (Å²) < 4.78 is 16.4. The lowest BCUT2D eigenvalue weighted by atomic mass is 9.86. The number of carbonyl (C=O) groups excluding carboxylic acids is 1. The molecule has 2 aromatic carbocycles. The third-order valence-electron chi connectivity index (χ3n) is 4.63. The molecule has 2 N–H and O–H groups in total. The molecule has 28 heavy (non-hydrogen) atoms. The summed E-state index contributed by atoms with van der Waals surface area (Å²) in [5.74, 6) is 1.18. The minimum atomic E-state index is -0.698. The number of hydrogen-bond acceptors (Lipinski definition) is 5. The van der Waals surface area contributed by atoms with E-state index < -0.39 is 12.0 Å². The molecule has 0 saturated heterocycles. The fourth-order valence-corrected chi connectivity index (χ4v) is 3.08. The van der Waals surface area contributed by atoms with Gasteiger partial charge in [0.1, 0.15) is 24.1 Å². The quantitative estimate of drug-likeness (QED) is 0.732. The van der Waals surface area contributed by atoms with Gasteiger partial charge in [0.25, 0.3) is 0 Å². The summed E-state index contributed by atoms with van der Waals surface area (Å²) in [6.07, 6.45) is 0.390. The van der Waals surface area contributed by atoms with Crippen LogP contribution >= 0.6 is 0 Å². The Morgan fingerprint density at radius 3 is 2.39 bits per heavy atom. The van der Waals surface area contributed by atoms with Crippen LogP contribution in [0.3, 0.4) is 0 Å². The predicted octanol–water partition coefficient (Wildman–Crippen LogP) is 3.92. The SMILES string of the molecule is COC(=O)C(N)Cc1ccc(OC)c(COc2cc(C)ccc2C(C)(C)C)c1. The highest BCUT2D eigenvalue weighted by atomic mass is 16.5. The first-order valence-electron chi connectivity index (χ1n) is 9.39. The third kappa shape index (κ3) is 5.49. The lowest BCUT2D eigenvalue weighted by molar-refractivity contribution is -0.142. The first-order valence-corrected chi connectivity index (χ1v) is 9.39. The molecule has 0 radical (unpaired) electrons. The zero-order valence-corrected chi connectivity index (χ0v) is 17.7. The minimum absolute atomic E-state index is 0.0255. The lowest BCUT2D eigenvalue weighted by Crippen LogP contribution is -2.33. The summed E-state index contributed by atoms with van der Waals surface area (Å²) in [5, 5.41) is 0. The number of carbonyl (C=O) groups is 1. The van der Waals surface area contributed by atoms with E-state index in [4.69, 9.17) is 19.9 Å². The molecule has 0 spiro atoms. The second-order valence-electron chi connectivity index (χ2n) is 8.02. The first kappa shape index (κ1) is 21.8. The van der Waals surface area contributed by atoms with Crippen LogP contribution in [-0.4, -0.2) is 26.2 Å². The van der Waals surface area contributed by atoms with Gasteiger partial charge in [0, 0.05) is 5.56 Å². The van der Waals surface area contributed by atoms with Crippen molar-refractivity contribution in [3.8, 4) is 11.5 Å². The number of ether oxygens (including phenoxy) is 3. The zero-order chi connectivity index (χ0) is 20.9. The van der Waals surface area contributed by atoms with Gasteiger partial charge < -0.3 is 19.9 Å². The molecule has 0 aliphatic rings. The van der Waals surface area contributed by atoms with Crippen LogP contribution in [0.1, 0.15) is 43.0 Å². The molecule has 0 amide bonds. The molecule has 0 aliphatic carbocycles. The van der Waals surface area contributed by atoms with E-state index in [1.54, 1.807) is 7.11 Å². The highest BCUT2D eigenvalue weighted by molar-refractivity contribution is 5.75. The number of nitrogens with two attached hydrogens (primary N) is 1. The second-order valence-corrected chi connectivity index (χ2v) is 8.02. The highest BCUT2D eigenvalue weighted by Crippen LogP contribution is 2.33. The smallest absolute Gasteiger partial charge is 0.322 e. The van der Waals surface area contributed by atoms with Crippen molar-refractivity contribution in [3.63, 3.8) is 0 Å². The van der Waals surface area contributed by atoms with E-state index in [1.807, 2.05) is 18.2 Å². The van der Waals surface area contributed by atoms with E-state index in [9.17, 15) is 4.79 Å². The average molecular weight is 386 g/mol. The van der Waals surface area contributed by atoms with Crippen LogP contribution in [0.2, 0.25) is 0 Å². The molecular formula is C23H31NO4. The van der Waals surface area contributed by atoms with Gasteiger partial charge in [-0.15, -0.1) is 0 Å². The number of benzene rings is 2. The van der Waals surface area contributed by atoms with Crippen LogP contribution in [0, 0.1) is 6.92 Å². The Kier molecular flexibility index (Phi) is 7.08. The van der Waals surface area contributed by atoms with Crippen molar-refractivity contribution in [1.29, 1.82) is 0 Å². The largest absolute Gasteiger partial charge is 0.496 e. The van der Waals surface area contributed by atoms with E-state index in [0.29, 0.717) is 13.0 Å². The maximum Gasteiger partial charge on any atom is 0.322 e. The molecular weight excluding hydrogens is 354 g/mol. The number of aryl methyl sites for hydroxylation is 1. The summed E-state index contributed by atoms with van der Waals surface area (Å²) >= 11 is 0. The Balaban J connectivity index is 2.25. The van der Waals surface area contributed by atoms with Crippen LogP contribution in [-0.2, 0) is 28.0 Å². The zero-order valence-electron chi connectivity index (χ0n) is 17.7. The van der Waals surface area contributed by atoms with Crippen molar-refractivity contribution in [1.82, 2.24) is 0 Å². The molecule has 1 atom stereocenters. The number of methoxy groups -OCH3 is 2. The lowest BCUT2D eigenvalue weighted by Gasteiger charge is -2.23. The Hall–Kier alpha value is -2.53. The Labute approximate surface area is 167 Å². The first-order chi connectivity index (χ1) is 13.2. The van der Waals surface area contributed by atoms with Crippen molar-refractivity contribution in [2.75, 3.05) is 14.2 Å². The molecule has 5 heteroatoms. The van der Waals surface area contributed by atoms with Crippen molar-refractivity contribution in [2.45, 2.75) is 52.2 Å². The van der Waals surface area contributed by atoms with Gasteiger partial charge in [-0.25, -0.2) is 0 Å². The van der Waals surface area contributed by atoms with E-state index >= 15 is 0 Å². The Bertz CT molecular complexity index is 824. The van der Waals surface area contributed by atoms with Gasteiger partial charge in [0.2, 0.25) is 0 Å². The van der Waals surface area contributed by atoms with Gasteiger partial charge in [-0.05, 0) is 53.6 Å². The average Bonchev–Trinajstić information content (AvgIpc) is 2.64. The number of esters is 1. The van der Waals surface area contributed by atoms with Crippen LogP contribution in [0.5, 0.6) is 11.5 Å². The van der Waals surface area contributed by atoms with Crippen molar-refractivity contribution in [3.05, 3.63) is 58.7 Å². The fraction of sp³-hybridized carbons (Fsp3) is 0.435. The molecule has 0 bridgehead atoms. The summed E-state index contributed by atoms with van der Waals surface area (Å²) in [4.78, 5) is 11.6. The standard InChI is InChI=1S/C23H31NO4/c1-15-7-9-18(23(2,3)4)21(11-15)28-14-17-12-16(8-10-20(17)26-5)13-19(24)22(25)27-6/h7-12,19H,13-14,24H2,1-6H3. The monoisotopic (exact) mass is 385 g/mol. The number of rotatable bonds is 7. The van der Waals surface area contributed by atoms with Gasteiger partial charge >= 0.3 is 5.97 Å². The normalized spacial score (nSPS) is 12.4. The van der Waals surface area contributed by atoms with Crippen LogP contribution in [0.15, 0.2) is 36.4 Å². The Morgan fingerprint density at radius 1 is 1.07 bits per heavy atom. The van der Waals surface area contributed by atoms with Gasteiger partial charge in [-0.2, -0.15) is 0 Å². The van der Waals surface area contributed by atoms with E-state index in [-0.39, 0.29) is 5.41 Å². The van der Waals surface area contributed by atoms with Crippen LogP contribution < -0.4 is 15.2 Å². The molecule has 5 nitrogen and oxygen atoms in total. The van der Waals surface area contributed by atoms with Crippen molar-refractivity contribution in [2.24, 2.45) is 5.73 Å². The number of hydrogen-bond donors (Lipinski definition) is 1. The van der Waals surface area contributed by atoms with Gasteiger partial charge in [-0.3, -0.25) is 4.79 Å². The van der Waals surface area contributed by atoms with Gasteiger partial charge in [0.05, 0.1) is 14.2 Å². The topological polar surface area (TPSA) is 70.8 Å². The molecule has 2 rings (SSSR count). The molecule has 152 valence electrons.